The highest BCUT2D eigenvalue weighted by Gasteiger charge is 2.18. The normalized spacial score (nSPS) is 11.2. The summed E-state index contributed by atoms with van der Waals surface area (Å²) >= 11 is 0. The second-order valence-electron chi connectivity index (χ2n) is 9.10. The van der Waals surface area contributed by atoms with Crippen LogP contribution in [0.5, 0.6) is 11.5 Å². The molecular formula is C33H26O4S. The van der Waals surface area contributed by atoms with Gasteiger partial charge in [-0.15, -0.1) is 0 Å². The van der Waals surface area contributed by atoms with Crippen molar-refractivity contribution in [1.29, 1.82) is 0 Å². The maximum Gasteiger partial charge on any atom is 0.206 e. The molecule has 38 heavy (non-hydrogen) atoms. The van der Waals surface area contributed by atoms with Crippen molar-refractivity contribution in [3.63, 3.8) is 0 Å². The number of ether oxygens (including phenoxy) is 1. The molecule has 188 valence electrons. The predicted molar refractivity (Wildman–Crippen MR) is 149 cm³/mol. The second-order valence-corrected chi connectivity index (χ2v) is 11.1. The van der Waals surface area contributed by atoms with E-state index in [0.717, 1.165) is 17.5 Å². The lowest BCUT2D eigenvalue weighted by Gasteiger charge is -2.09. The molecular weight excluding hydrogens is 492 g/mol. The van der Waals surface area contributed by atoms with Gasteiger partial charge in [0.25, 0.3) is 0 Å². The molecule has 0 amide bonds. The van der Waals surface area contributed by atoms with E-state index in [2.05, 4.69) is 0 Å². The van der Waals surface area contributed by atoms with Crippen LogP contribution in [0.3, 0.4) is 0 Å². The largest absolute Gasteiger partial charge is 0.457 e. The fraction of sp³-hybridized carbons (Fsp3) is 0.0606. The lowest BCUT2D eigenvalue weighted by atomic mass is 10.0. The van der Waals surface area contributed by atoms with Gasteiger partial charge >= 0.3 is 0 Å². The first-order chi connectivity index (χ1) is 18.4. The molecule has 0 aliphatic carbocycles. The third-order valence-corrected chi connectivity index (χ3v) is 8.07. The van der Waals surface area contributed by atoms with Gasteiger partial charge in [-0.2, -0.15) is 0 Å². The number of aryl methyl sites for hydroxylation is 1. The van der Waals surface area contributed by atoms with E-state index in [1.807, 2.05) is 73.7 Å². The van der Waals surface area contributed by atoms with Gasteiger partial charge in [0.15, 0.2) is 5.78 Å². The van der Waals surface area contributed by atoms with Crippen LogP contribution in [-0.2, 0) is 16.3 Å². The van der Waals surface area contributed by atoms with E-state index in [1.54, 1.807) is 48.5 Å². The molecule has 0 N–H and O–H groups in total. The van der Waals surface area contributed by atoms with Crippen molar-refractivity contribution in [2.75, 3.05) is 0 Å². The van der Waals surface area contributed by atoms with E-state index < -0.39 is 9.84 Å². The monoisotopic (exact) mass is 518 g/mol. The van der Waals surface area contributed by atoms with Gasteiger partial charge in [-0.3, -0.25) is 4.79 Å². The van der Waals surface area contributed by atoms with E-state index in [-0.39, 0.29) is 15.6 Å². The highest BCUT2D eigenvalue weighted by atomic mass is 32.2. The zero-order chi connectivity index (χ0) is 26.5. The number of benzene rings is 5. The van der Waals surface area contributed by atoms with Gasteiger partial charge in [-0.05, 0) is 85.1 Å². The first kappa shape index (κ1) is 25.2. The molecule has 0 aromatic heterocycles. The number of hydrogen-bond donors (Lipinski definition) is 0. The lowest BCUT2D eigenvalue weighted by Crippen LogP contribution is -2.02. The molecule has 0 aliphatic heterocycles. The molecule has 0 heterocycles. The molecule has 5 aromatic rings. The van der Waals surface area contributed by atoms with E-state index in [1.165, 1.54) is 17.7 Å². The summed E-state index contributed by atoms with van der Waals surface area (Å²) in [5.74, 6) is 0.994. The summed E-state index contributed by atoms with van der Waals surface area (Å²) in [7, 11) is -3.66. The van der Waals surface area contributed by atoms with Crippen LogP contribution < -0.4 is 4.74 Å². The molecule has 5 aromatic carbocycles. The molecule has 0 bridgehead atoms. The Morgan fingerprint density at radius 2 is 1.03 bits per heavy atom. The predicted octanol–water partition coefficient (Wildman–Crippen LogP) is 7.44. The summed E-state index contributed by atoms with van der Waals surface area (Å²) < 4.78 is 32.1. The molecule has 5 rings (SSSR count). The van der Waals surface area contributed by atoms with Crippen LogP contribution in [0.4, 0.5) is 0 Å². The smallest absolute Gasteiger partial charge is 0.206 e. The Balaban J connectivity index is 1.25. The van der Waals surface area contributed by atoms with Crippen LogP contribution in [0.25, 0.3) is 0 Å². The Bertz CT molecular complexity index is 1640. The van der Waals surface area contributed by atoms with Crippen molar-refractivity contribution in [2.45, 2.75) is 23.1 Å². The van der Waals surface area contributed by atoms with E-state index in [0.29, 0.717) is 22.6 Å². The summed E-state index contributed by atoms with van der Waals surface area (Å²) in [6.45, 7) is 1.98. The van der Waals surface area contributed by atoms with E-state index in [4.69, 9.17) is 4.74 Å². The van der Waals surface area contributed by atoms with Crippen molar-refractivity contribution in [3.8, 4) is 11.5 Å². The number of carbonyl (C=O) groups is 1. The van der Waals surface area contributed by atoms with Crippen molar-refractivity contribution in [1.82, 2.24) is 0 Å². The Morgan fingerprint density at radius 3 is 1.58 bits per heavy atom. The fourth-order valence-corrected chi connectivity index (χ4v) is 5.38. The molecule has 0 saturated carbocycles. The molecule has 0 radical (unpaired) electrons. The number of ketones is 1. The minimum atomic E-state index is -3.66. The maximum absolute atomic E-state index is 13.1. The van der Waals surface area contributed by atoms with Crippen LogP contribution in [0.2, 0.25) is 0 Å². The van der Waals surface area contributed by atoms with Crippen LogP contribution in [0.15, 0.2) is 137 Å². The molecule has 0 atom stereocenters. The van der Waals surface area contributed by atoms with E-state index in [9.17, 15) is 13.2 Å². The average Bonchev–Trinajstić information content (AvgIpc) is 2.95. The van der Waals surface area contributed by atoms with Gasteiger partial charge in [0.05, 0.1) is 9.79 Å². The third kappa shape index (κ3) is 5.74. The fourth-order valence-electron chi connectivity index (χ4n) is 4.12. The molecule has 0 aliphatic rings. The van der Waals surface area contributed by atoms with Gasteiger partial charge in [0, 0.05) is 11.1 Å². The lowest BCUT2D eigenvalue weighted by molar-refractivity contribution is 0.103. The zero-order valence-corrected chi connectivity index (χ0v) is 21.7. The van der Waals surface area contributed by atoms with Crippen molar-refractivity contribution < 1.29 is 17.9 Å². The highest BCUT2D eigenvalue weighted by molar-refractivity contribution is 7.91. The molecule has 0 fully saturated rings. The molecule has 5 heteroatoms. The Labute approximate surface area is 223 Å². The van der Waals surface area contributed by atoms with Crippen molar-refractivity contribution in [2.24, 2.45) is 0 Å². The first-order valence-corrected chi connectivity index (χ1v) is 13.7. The summed E-state index contributed by atoms with van der Waals surface area (Å²) in [6.07, 6.45) is 0.744. The molecule has 0 saturated heterocycles. The zero-order valence-electron chi connectivity index (χ0n) is 20.9. The standard InChI is InChI=1S/C33H26O4S/c1-24-7-11-27(12-8-24)33(34)28-13-15-29(16-14-28)37-30-17-21-32(22-18-30)38(35,36)31-19-9-26(10-20-31)23-25-5-3-2-4-6-25/h2-22H,23H2,1H3. The number of hydrogen-bond acceptors (Lipinski definition) is 4. The summed E-state index contributed by atoms with van der Waals surface area (Å²) in [4.78, 5) is 13.1. The van der Waals surface area contributed by atoms with Crippen LogP contribution in [0, 0.1) is 6.92 Å². The van der Waals surface area contributed by atoms with E-state index >= 15 is 0 Å². The van der Waals surface area contributed by atoms with Crippen LogP contribution in [0.1, 0.15) is 32.6 Å². The SMILES string of the molecule is Cc1ccc(C(=O)c2ccc(Oc3ccc(S(=O)(=O)c4ccc(Cc5ccccc5)cc4)cc3)cc2)cc1. The Morgan fingerprint density at radius 1 is 0.579 bits per heavy atom. The van der Waals surface area contributed by atoms with Crippen LogP contribution in [-0.4, -0.2) is 14.2 Å². The molecule has 0 spiro atoms. The molecule has 4 nitrogen and oxygen atoms in total. The Kier molecular flexibility index (Phi) is 7.20. The van der Waals surface area contributed by atoms with Crippen LogP contribution >= 0.6 is 0 Å². The molecule has 0 unspecified atom stereocenters. The average molecular weight is 519 g/mol. The topological polar surface area (TPSA) is 60.4 Å². The summed E-state index contributed by atoms with van der Waals surface area (Å²) in [5, 5.41) is 0. The van der Waals surface area contributed by atoms with Gasteiger partial charge < -0.3 is 4.74 Å². The van der Waals surface area contributed by atoms with Crippen molar-refractivity contribution in [3.05, 3.63) is 155 Å². The maximum atomic E-state index is 13.1. The second kappa shape index (κ2) is 10.9. The quantitative estimate of drug-likeness (QED) is 0.200. The number of rotatable bonds is 8. The third-order valence-electron chi connectivity index (χ3n) is 6.28. The summed E-state index contributed by atoms with van der Waals surface area (Å²) in [6, 6.07) is 37.7. The minimum Gasteiger partial charge on any atom is -0.457 e. The van der Waals surface area contributed by atoms with Gasteiger partial charge in [0.1, 0.15) is 11.5 Å². The minimum absolute atomic E-state index is 0.0563. The van der Waals surface area contributed by atoms with Gasteiger partial charge in [-0.25, -0.2) is 8.42 Å². The summed E-state index contributed by atoms with van der Waals surface area (Å²) in [5.41, 5.74) is 4.52. The van der Waals surface area contributed by atoms with Gasteiger partial charge in [0.2, 0.25) is 9.84 Å². The van der Waals surface area contributed by atoms with Crippen molar-refractivity contribution >= 4 is 15.6 Å². The first-order valence-electron chi connectivity index (χ1n) is 12.3. The number of carbonyl (C=O) groups excluding carboxylic acids is 1. The number of sulfone groups is 1. The highest BCUT2D eigenvalue weighted by Crippen LogP contribution is 2.27. The Hall–Kier alpha value is -4.48. The van der Waals surface area contributed by atoms with Gasteiger partial charge in [-0.1, -0.05) is 72.3 Å².